The molecule has 0 aliphatic carbocycles. The summed E-state index contributed by atoms with van der Waals surface area (Å²) in [5.41, 5.74) is -0.846. The smallest absolute Gasteiger partial charge is 0.319 e. The molecule has 4 saturated heterocycles. The lowest BCUT2D eigenvalue weighted by Crippen LogP contribution is -2.62. The molecule has 12 heteroatoms. The van der Waals surface area contributed by atoms with Crippen LogP contribution in [0.25, 0.3) is 32.9 Å². The Hall–Kier alpha value is -4.18. The predicted molar refractivity (Wildman–Crippen MR) is 176 cm³/mol. The van der Waals surface area contributed by atoms with Crippen LogP contribution in [-0.2, 0) is 4.74 Å². The Kier molecular flexibility index (Phi) is 7.62. The zero-order valence-corrected chi connectivity index (χ0v) is 26.7. The Labute approximate surface area is 276 Å². The summed E-state index contributed by atoms with van der Waals surface area (Å²) in [6.45, 7) is 5.65. The Balaban J connectivity index is 1.27. The van der Waals surface area contributed by atoms with Crippen molar-refractivity contribution in [3.8, 4) is 35.4 Å². The highest BCUT2D eigenvalue weighted by Crippen LogP contribution is 2.42. The summed E-state index contributed by atoms with van der Waals surface area (Å²) in [6.07, 6.45) is 10.3. The van der Waals surface area contributed by atoms with Gasteiger partial charge in [-0.25, -0.2) is 13.2 Å². The fourth-order valence-electron chi connectivity index (χ4n) is 8.52. The topological polar surface area (TPSA) is 95.9 Å². The molecule has 6 heterocycles. The number of anilines is 1. The van der Waals surface area contributed by atoms with E-state index in [9.17, 15) is 13.9 Å². The van der Waals surface area contributed by atoms with Crippen LogP contribution in [0.1, 0.15) is 44.6 Å². The van der Waals surface area contributed by atoms with E-state index < -0.39 is 23.3 Å². The first kappa shape index (κ1) is 31.1. The number of alkyl halides is 1. The van der Waals surface area contributed by atoms with Gasteiger partial charge < -0.3 is 24.8 Å². The number of hydrogen-bond donors (Lipinski definition) is 2. The monoisotopic (exact) mass is 658 g/mol. The van der Waals surface area contributed by atoms with Crippen LogP contribution < -0.4 is 15.0 Å². The van der Waals surface area contributed by atoms with Crippen LogP contribution in [0, 0.1) is 24.0 Å². The number of nitrogens with zero attached hydrogens (tertiary/aromatic N) is 5. The van der Waals surface area contributed by atoms with E-state index in [1.807, 2.05) is 6.92 Å². The molecular weight excluding hydrogens is 621 g/mol. The average molecular weight is 659 g/mol. The molecule has 4 atom stereocenters. The van der Waals surface area contributed by atoms with Gasteiger partial charge in [0.25, 0.3) is 0 Å². The van der Waals surface area contributed by atoms with Crippen LogP contribution in [0.3, 0.4) is 0 Å². The van der Waals surface area contributed by atoms with Gasteiger partial charge in [0.05, 0.1) is 28.6 Å². The van der Waals surface area contributed by atoms with E-state index in [0.717, 1.165) is 32.2 Å². The van der Waals surface area contributed by atoms with E-state index in [1.165, 1.54) is 30.5 Å². The molecule has 2 unspecified atom stereocenters. The number of ether oxygens (including phenoxy) is 2. The largest absolute Gasteiger partial charge is 0.508 e. The number of terminal acetylenes is 1. The van der Waals surface area contributed by atoms with E-state index >= 15 is 4.39 Å². The molecular formula is C36H37F3N6O3. The van der Waals surface area contributed by atoms with Crippen molar-refractivity contribution in [3.63, 3.8) is 0 Å². The summed E-state index contributed by atoms with van der Waals surface area (Å²) in [5, 5.41) is 15.4. The maximum absolute atomic E-state index is 16.9. The fourth-order valence-corrected chi connectivity index (χ4v) is 8.52. The molecule has 48 heavy (non-hydrogen) atoms. The third kappa shape index (κ3) is 5.11. The highest BCUT2D eigenvalue weighted by atomic mass is 19.1. The molecule has 9 nitrogen and oxygen atoms in total. The quantitative estimate of drug-likeness (QED) is 0.251. The maximum Gasteiger partial charge on any atom is 0.319 e. The Morgan fingerprint density at radius 3 is 2.88 bits per heavy atom. The second-order valence-corrected chi connectivity index (χ2v) is 13.7. The summed E-state index contributed by atoms with van der Waals surface area (Å²) >= 11 is 0. The maximum atomic E-state index is 16.9. The third-order valence-electron chi connectivity index (χ3n) is 10.6. The first-order valence-electron chi connectivity index (χ1n) is 16.6. The number of aromatic nitrogens is 3. The minimum absolute atomic E-state index is 0.0158. The van der Waals surface area contributed by atoms with Gasteiger partial charge >= 0.3 is 6.01 Å². The van der Waals surface area contributed by atoms with Crippen molar-refractivity contribution in [1.29, 1.82) is 0 Å². The summed E-state index contributed by atoms with van der Waals surface area (Å²) in [4.78, 5) is 18.2. The Bertz CT molecular complexity index is 1970. The van der Waals surface area contributed by atoms with Crippen molar-refractivity contribution in [2.75, 3.05) is 50.9 Å². The number of halogens is 3. The molecule has 0 radical (unpaired) electrons. The van der Waals surface area contributed by atoms with Gasteiger partial charge in [0.2, 0.25) is 0 Å². The standard InChI is InChI=1S/C36H37F3N6O3/c1-3-25-28(38)7-6-21-12-24(46)13-26(29(21)25)31-30(39)32-27(15-40-31)33(44-17-23-8-10-35(18-44,43-23)19-47-4-2)42-34(41-32)48-20-36-9-5-11-45(36)16-22(37)14-36/h1,6-7,12-13,15,22-23,43,46H,4-5,8-11,14,16-20H2,2H3/t22-,23?,35?,36+/m1/s1. The zero-order valence-electron chi connectivity index (χ0n) is 26.7. The van der Waals surface area contributed by atoms with Crippen molar-refractivity contribution in [2.24, 2.45) is 0 Å². The second kappa shape index (κ2) is 11.8. The number of rotatable bonds is 8. The van der Waals surface area contributed by atoms with E-state index in [-0.39, 0.29) is 57.7 Å². The minimum atomic E-state index is -0.930. The molecule has 0 spiro atoms. The number of benzene rings is 2. The van der Waals surface area contributed by atoms with Crippen molar-refractivity contribution in [2.45, 2.75) is 62.3 Å². The predicted octanol–water partition coefficient (Wildman–Crippen LogP) is 5.11. The van der Waals surface area contributed by atoms with E-state index in [4.69, 9.17) is 20.9 Å². The van der Waals surface area contributed by atoms with Crippen molar-refractivity contribution in [3.05, 3.63) is 47.7 Å². The van der Waals surface area contributed by atoms with Gasteiger partial charge in [0.15, 0.2) is 5.82 Å². The van der Waals surface area contributed by atoms with Crippen LogP contribution >= 0.6 is 0 Å². The zero-order chi connectivity index (χ0) is 33.2. The van der Waals surface area contributed by atoms with Crippen LogP contribution in [-0.4, -0.2) is 94.2 Å². The molecule has 4 aromatic rings. The van der Waals surface area contributed by atoms with E-state index in [2.05, 4.69) is 31.0 Å². The summed E-state index contributed by atoms with van der Waals surface area (Å²) in [5.74, 6) is 1.28. The van der Waals surface area contributed by atoms with Crippen molar-refractivity contribution >= 4 is 27.5 Å². The molecule has 4 aliphatic rings. The molecule has 2 bridgehead atoms. The SMILES string of the molecule is C#Cc1c(F)ccc2cc(O)cc(-c3ncc4c(N5CC6CCC(COCC)(C5)N6)nc(OC[C@@]56CCCN5C[C@H](F)C6)nc4c3F)c12. The number of phenolic OH excluding ortho intramolecular Hbond substituents is 1. The lowest BCUT2D eigenvalue weighted by Gasteiger charge is -2.42. The van der Waals surface area contributed by atoms with Gasteiger partial charge in [0, 0.05) is 55.9 Å². The van der Waals surface area contributed by atoms with Gasteiger partial charge in [-0.3, -0.25) is 9.88 Å². The van der Waals surface area contributed by atoms with Gasteiger partial charge in [-0.2, -0.15) is 9.97 Å². The number of aromatic hydroxyl groups is 1. The van der Waals surface area contributed by atoms with Gasteiger partial charge in [-0.05, 0) is 62.7 Å². The number of nitrogens with one attached hydrogen (secondary N) is 1. The lowest BCUT2D eigenvalue weighted by molar-refractivity contribution is 0.0807. The van der Waals surface area contributed by atoms with E-state index in [0.29, 0.717) is 55.9 Å². The lowest BCUT2D eigenvalue weighted by atomic mass is 9.95. The van der Waals surface area contributed by atoms with Crippen LogP contribution in [0.4, 0.5) is 19.0 Å². The Morgan fingerprint density at radius 2 is 2.04 bits per heavy atom. The summed E-state index contributed by atoms with van der Waals surface area (Å²) < 4.78 is 58.5. The summed E-state index contributed by atoms with van der Waals surface area (Å²) in [6, 6.07) is 5.63. The number of fused-ring (bicyclic) bond motifs is 5. The molecule has 2 N–H and O–H groups in total. The number of pyridine rings is 1. The first-order chi connectivity index (χ1) is 23.2. The Morgan fingerprint density at radius 1 is 1.17 bits per heavy atom. The van der Waals surface area contributed by atoms with Gasteiger partial charge in [-0.1, -0.05) is 12.0 Å². The molecule has 0 amide bonds. The van der Waals surface area contributed by atoms with Gasteiger partial charge in [0.1, 0.15) is 41.4 Å². The third-order valence-corrected chi connectivity index (χ3v) is 10.6. The second-order valence-electron chi connectivity index (χ2n) is 13.7. The molecule has 4 aliphatic heterocycles. The highest BCUT2D eigenvalue weighted by Gasteiger charge is 2.50. The normalized spacial score (nSPS) is 26.8. The van der Waals surface area contributed by atoms with Crippen molar-refractivity contribution < 1.29 is 27.8 Å². The molecule has 2 aromatic carbocycles. The number of hydrogen-bond acceptors (Lipinski definition) is 9. The average Bonchev–Trinajstić information content (AvgIpc) is 3.71. The van der Waals surface area contributed by atoms with Crippen LogP contribution in [0.15, 0.2) is 30.5 Å². The number of piperazine rings is 1. The molecule has 0 saturated carbocycles. The van der Waals surface area contributed by atoms with Gasteiger partial charge in [-0.15, -0.1) is 6.42 Å². The highest BCUT2D eigenvalue weighted by molar-refractivity contribution is 6.03. The van der Waals surface area contributed by atoms with Crippen LogP contribution in [0.2, 0.25) is 0 Å². The summed E-state index contributed by atoms with van der Waals surface area (Å²) in [7, 11) is 0. The molecule has 4 fully saturated rings. The minimum Gasteiger partial charge on any atom is -0.508 e. The molecule has 250 valence electrons. The molecule has 2 aromatic heterocycles. The first-order valence-corrected chi connectivity index (χ1v) is 16.6. The fraction of sp³-hybridized carbons (Fsp3) is 0.472. The van der Waals surface area contributed by atoms with Crippen molar-refractivity contribution in [1.82, 2.24) is 25.2 Å². The number of phenols is 1. The van der Waals surface area contributed by atoms with E-state index in [1.54, 1.807) is 0 Å². The molecule has 8 rings (SSSR count). The van der Waals surface area contributed by atoms with Crippen LogP contribution in [0.5, 0.6) is 11.8 Å².